The van der Waals surface area contributed by atoms with Crippen LogP contribution in [0.5, 0.6) is 0 Å². The molecular formula is C52H37N. The molecule has 0 amide bonds. The Kier molecular flexibility index (Phi) is 6.57. The highest BCUT2D eigenvalue weighted by molar-refractivity contribution is 5.88. The van der Waals surface area contributed by atoms with Crippen LogP contribution in [0.25, 0.3) is 66.4 Å². The van der Waals surface area contributed by atoms with Crippen molar-refractivity contribution in [1.82, 2.24) is 0 Å². The standard InChI is InChI=1S/C52H37N/c1-3-11-38(12-4-1)41-23-29-50(30-24-41)53(51-31-25-42(26-32-51)46-18-9-17-45(35-46)39-13-5-2-6-14-39)52-33-27-43(28-34-52)47-19-10-20-48(36-47)49-22-21-40-15-7-8-16-44(40)37-49/h1-37H/i25D,26D,27D,28D,31D,32D,33D,34D. The topological polar surface area (TPSA) is 3.24 Å². The average molecular weight is 684 g/mol. The summed E-state index contributed by atoms with van der Waals surface area (Å²) in [6.45, 7) is 0. The maximum Gasteiger partial charge on any atom is 0.0645 e. The van der Waals surface area contributed by atoms with Gasteiger partial charge in [-0.1, -0.05) is 170 Å². The quantitative estimate of drug-likeness (QED) is 0.154. The fourth-order valence-corrected chi connectivity index (χ4v) is 6.64. The van der Waals surface area contributed by atoms with Gasteiger partial charge in [-0.15, -0.1) is 0 Å². The van der Waals surface area contributed by atoms with E-state index in [0.717, 1.165) is 44.2 Å². The fraction of sp³-hybridized carbons (Fsp3) is 0. The van der Waals surface area contributed by atoms with Gasteiger partial charge in [-0.3, -0.25) is 0 Å². The molecule has 0 N–H and O–H groups in total. The molecule has 53 heavy (non-hydrogen) atoms. The molecule has 0 heterocycles. The number of anilines is 3. The number of nitrogens with zero attached hydrogens (tertiary/aromatic N) is 1. The largest absolute Gasteiger partial charge is 0.311 e. The molecule has 0 aliphatic heterocycles. The lowest BCUT2D eigenvalue weighted by atomic mass is 9.97. The normalized spacial score (nSPS) is 13.1. The second-order valence-corrected chi connectivity index (χ2v) is 12.8. The third-order valence-corrected chi connectivity index (χ3v) is 9.40. The minimum Gasteiger partial charge on any atom is -0.311 e. The first-order valence-corrected chi connectivity index (χ1v) is 17.5. The summed E-state index contributed by atoms with van der Waals surface area (Å²) in [4.78, 5) is 1.34. The van der Waals surface area contributed by atoms with Crippen LogP contribution in [-0.4, -0.2) is 0 Å². The van der Waals surface area contributed by atoms with Crippen molar-refractivity contribution in [3.8, 4) is 55.6 Å². The van der Waals surface area contributed by atoms with Gasteiger partial charge in [0.2, 0.25) is 0 Å². The van der Waals surface area contributed by atoms with Crippen LogP contribution in [0.15, 0.2) is 224 Å². The second kappa shape index (κ2) is 14.3. The lowest BCUT2D eigenvalue weighted by molar-refractivity contribution is 1.28. The maximum absolute atomic E-state index is 9.52. The summed E-state index contributed by atoms with van der Waals surface area (Å²) in [5.74, 6) is 0. The van der Waals surface area contributed by atoms with Crippen molar-refractivity contribution >= 4 is 27.8 Å². The van der Waals surface area contributed by atoms with Crippen LogP contribution >= 0.6 is 0 Å². The highest BCUT2D eigenvalue weighted by Crippen LogP contribution is 2.38. The van der Waals surface area contributed by atoms with Crippen LogP contribution in [0.2, 0.25) is 0 Å². The molecule has 0 radical (unpaired) electrons. The number of fused-ring (bicyclic) bond motifs is 1. The third-order valence-electron chi connectivity index (χ3n) is 9.40. The molecule has 0 unspecified atom stereocenters. The highest BCUT2D eigenvalue weighted by atomic mass is 15.1. The zero-order chi connectivity index (χ0) is 42.4. The molecule has 0 fully saturated rings. The minimum atomic E-state index is -0.393. The van der Waals surface area contributed by atoms with Crippen molar-refractivity contribution in [3.63, 3.8) is 0 Å². The Morgan fingerprint density at radius 2 is 0.623 bits per heavy atom. The first-order chi connectivity index (χ1) is 29.6. The predicted molar refractivity (Wildman–Crippen MR) is 226 cm³/mol. The van der Waals surface area contributed by atoms with E-state index in [2.05, 4.69) is 6.07 Å². The Balaban J connectivity index is 1.22. The summed E-state index contributed by atoms with van der Waals surface area (Å²) in [7, 11) is 0. The van der Waals surface area contributed by atoms with Crippen molar-refractivity contribution in [2.45, 2.75) is 0 Å². The monoisotopic (exact) mass is 683 g/mol. The molecule has 1 nitrogen and oxygen atoms in total. The third kappa shape index (κ3) is 6.77. The van der Waals surface area contributed by atoms with Crippen LogP contribution in [0, 0.1) is 0 Å². The molecule has 0 aliphatic rings. The lowest BCUT2D eigenvalue weighted by Crippen LogP contribution is -2.09. The van der Waals surface area contributed by atoms with Gasteiger partial charge >= 0.3 is 0 Å². The molecule has 0 saturated carbocycles. The summed E-state index contributed by atoms with van der Waals surface area (Å²) in [6, 6.07) is 52.8. The Bertz CT molecular complexity index is 3060. The van der Waals surface area contributed by atoms with Gasteiger partial charge in [0.15, 0.2) is 0 Å². The molecular weight excluding hydrogens is 639 g/mol. The van der Waals surface area contributed by atoms with E-state index in [9.17, 15) is 11.0 Å². The van der Waals surface area contributed by atoms with Gasteiger partial charge in [0, 0.05) is 17.1 Å². The molecule has 0 bridgehead atoms. The molecule has 0 saturated heterocycles. The Morgan fingerprint density at radius 1 is 0.245 bits per heavy atom. The van der Waals surface area contributed by atoms with E-state index in [0.29, 0.717) is 16.8 Å². The smallest absolute Gasteiger partial charge is 0.0645 e. The van der Waals surface area contributed by atoms with Gasteiger partial charge in [0.25, 0.3) is 0 Å². The van der Waals surface area contributed by atoms with Crippen molar-refractivity contribution in [3.05, 3.63) is 224 Å². The van der Waals surface area contributed by atoms with Crippen molar-refractivity contribution in [2.75, 3.05) is 4.90 Å². The minimum absolute atomic E-state index is 0.106. The highest BCUT2D eigenvalue weighted by Gasteiger charge is 2.14. The first-order valence-electron chi connectivity index (χ1n) is 21.5. The molecule has 1 heteroatoms. The molecule has 9 rings (SSSR count). The van der Waals surface area contributed by atoms with Gasteiger partial charge in [-0.2, -0.15) is 0 Å². The number of rotatable bonds is 8. The van der Waals surface area contributed by atoms with E-state index in [1.54, 1.807) is 24.3 Å². The van der Waals surface area contributed by atoms with E-state index in [4.69, 9.17) is 0 Å². The van der Waals surface area contributed by atoms with E-state index < -0.39 is 24.2 Å². The summed E-state index contributed by atoms with van der Waals surface area (Å²) in [5.41, 5.74) is 6.57. The van der Waals surface area contributed by atoms with E-state index in [1.165, 1.54) is 4.90 Å². The summed E-state index contributed by atoms with van der Waals surface area (Å²) < 4.78 is 75.5. The average Bonchev–Trinajstić information content (AvgIpc) is 3.30. The maximum atomic E-state index is 9.52. The van der Waals surface area contributed by atoms with Gasteiger partial charge < -0.3 is 4.90 Å². The lowest BCUT2D eigenvalue weighted by Gasteiger charge is -2.26. The number of benzene rings is 9. The summed E-state index contributed by atoms with van der Waals surface area (Å²) in [5, 5.41) is 2.17. The van der Waals surface area contributed by atoms with Gasteiger partial charge in [-0.05, 0) is 121 Å². The Labute approximate surface area is 323 Å². The van der Waals surface area contributed by atoms with Crippen LogP contribution in [0.3, 0.4) is 0 Å². The molecule has 250 valence electrons. The molecule has 0 aromatic heterocycles. The van der Waals surface area contributed by atoms with Crippen molar-refractivity contribution < 1.29 is 11.0 Å². The summed E-state index contributed by atoms with van der Waals surface area (Å²) >= 11 is 0. The van der Waals surface area contributed by atoms with Crippen LogP contribution in [0.4, 0.5) is 17.1 Å². The second-order valence-electron chi connectivity index (χ2n) is 12.8. The Hall–Kier alpha value is -6.96. The van der Waals surface area contributed by atoms with Gasteiger partial charge in [0.1, 0.15) is 0 Å². The predicted octanol–water partition coefficient (Wildman–Crippen LogP) is 14.6. The van der Waals surface area contributed by atoms with Crippen molar-refractivity contribution in [1.29, 1.82) is 0 Å². The fourth-order valence-electron chi connectivity index (χ4n) is 6.64. The van der Waals surface area contributed by atoms with Gasteiger partial charge in [0.05, 0.1) is 11.0 Å². The number of hydrogen-bond donors (Lipinski definition) is 0. The first kappa shape index (κ1) is 24.3. The molecule has 0 spiro atoms. The summed E-state index contributed by atoms with van der Waals surface area (Å²) in [6.07, 6.45) is 0. The van der Waals surface area contributed by atoms with Crippen LogP contribution in [-0.2, 0) is 0 Å². The Morgan fingerprint density at radius 3 is 1.17 bits per heavy atom. The van der Waals surface area contributed by atoms with E-state index in [1.807, 2.05) is 146 Å². The van der Waals surface area contributed by atoms with Crippen molar-refractivity contribution in [2.24, 2.45) is 0 Å². The van der Waals surface area contributed by atoms with Crippen LogP contribution in [0.1, 0.15) is 11.0 Å². The number of hydrogen-bond acceptors (Lipinski definition) is 1. The molecule has 9 aromatic rings. The van der Waals surface area contributed by atoms with E-state index >= 15 is 0 Å². The zero-order valence-electron chi connectivity index (χ0n) is 36.7. The SMILES string of the molecule is [2H]c1c([2H])c(N(c2ccc(-c3ccccc3)cc2)c2c([2H])c([2H])c(-c3cccc(-c4ccc5ccccc5c4)c3)c([2H])c2[2H])c([2H])c([2H])c1-c1cccc(-c2ccccc2)c1. The van der Waals surface area contributed by atoms with E-state index in [-0.39, 0.29) is 46.7 Å². The molecule has 0 aliphatic carbocycles. The van der Waals surface area contributed by atoms with Gasteiger partial charge in [-0.25, -0.2) is 0 Å². The van der Waals surface area contributed by atoms with Crippen LogP contribution < -0.4 is 4.90 Å². The molecule has 0 atom stereocenters. The molecule has 9 aromatic carbocycles. The zero-order valence-corrected chi connectivity index (χ0v) is 28.7.